The number of piperazine rings is 1. The normalized spacial score (nSPS) is 21.2. The largest absolute Gasteiger partial charge is 0.353 e. The Kier molecular flexibility index (Phi) is 3.63. The van der Waals surface area contributed by atoms with Crippen LogP contribution in [0.5, 0.6) is 0 Å². The first-order valence-corrected chi connectivity index (χ1v) is 5.96. The van der Waals surface area contributed by atoms with Crippen LogP contribution in [0.3, 0.4) is 0 Å². The van der Waals surface area contributed by atoms with Crippen molar-refractivity contribution >= 4 is 0 Å². The third-order valence-corrected chi connectivity index (χ3v) is 3.53. The molecule has 90 valence electrons. The second-order valence-corrected chi connectivity index (χ2v) is 4.63. The first-order valence-electron chi connectivity index (χ1n) is 5.96. The van der Waals surface area contributed by atoms with Gasteiger partial charge < -0.3 is 15.2 Å². The average molecular weight is 222 g/mol. The van der Waals surface area contributed by atoms with Crippen LogP contribution in [0.15, 0.2) is 18.3 Å². The molecule has 2 heterocycles. The molecular weight excluding hydrogens is 200 g/mol. The summed E-state index contributed by atoms with van der Waals surface area (Å²) in [4.78, 5) is 4.87. The summed E-state index contributed by atoms with van der Waals surface area (Å²) in [5.41, 5.74) is 7.26. The Bertz CT molecular complexity index is 326. The van der Waals surface area contributed by atoms with Gasteiger partial charge in [-0.3, -0.25) is 4.90 Å². The average Bonchev–Trinajstić information content (AvgIpc) is 2.69. The lowest BCUT2D eigenvalue weighted by Crippen LogP contribution is -2.47. The maximum absolute atomic E-state index is 5.93. The third kappa shape index (κ3) is 2.29. The first-order chi connectivity index (χ1) is 7.72. The summed E-state index contributed by atoms with van der Waals surface area (Å²) in [5, 5.41) is 0. The van der Waals surface area contributed by atoms with Crippen molar-refractivity contribution in [2.24, 2.45) is 12.8 Å². The second kappa shape index (κ2) is 4.99. The molecule has 0 aromatic carbocycles. The minimum absolute atomic E-state index is 0.369. The molecule has 4 nitrogen and oxygen atoms in total. The van der Waals surface area contributed by atoms with E-state index in [1.165, 1.54) is 5.69 Å². The zero-order chi connectivity index (χ0) is 11.5. The van der Waals surface area contributed by atoms with Crippen LogP contribution in [0.1, 0.15) is 11.7 Å². The Morgan fingerprint density at radius 2 is 1.94 bits per heavy atom. The second-order valence-electron chi connectivity index (χ2n) is 4.63. The van der Waals surface area contributed by atoms with E-state index in [0.717, 1.165) is 26.2 Å². The van der Waals surface area contributed by atoms with E-state index in [9.17, 15) is 0 Å². The Hall–Kier alpha value is -0.840. The SMILES string of the molecule is CN1CCN([C@@H](CN)c2cccn2C)CC1. The van der Waals surface area contributed by atoms with Crippen molar-refractivity contribution in [3.63, 3.8) is 0 Å². The molecule has 0 radical (unpaired) electrons. The van der Waals surface area contributed by atoms with E-state index in [0.29, 0.717) is 12.6 Å². The van der Waals surface area contributed by atoms with Gasteiger partial charge in [-0.15, -0.1) is 0 Å². The molecule has 0 amide bonds. The van der Waals surface area contributed by atoms with Gasteiger partial charge in [0.1, 0.15) is 0 Å². The molecule has 1 aliphatic heterocycles. The van der Waals surface area contributed by atoms with E-state index >= 15 is 0 Å². The monoisotopic (exact) mass is 222 g/mol. The highest BCUT2D eigenvalue weighted by atomic mass is 15.3. The van der Waals surface area contributed by atoms with Gasteiger partial charge in [0.15, 0.2) is 0 Å². The molecule has 0 bridgehead atoms. The van der Waals surface area contributed by atoms with Gasteiger partial charge in [-0.25, -0.2) is 0 Å². The maximum Gasteiger partial charge on any atom is 0.0625 e. The first kappa shape index (κ1) is 11.6. The standard InChI is InChI=1S/C12H22N4/c1-14-6-8-16(9-7-14)12(10-13)11-4-3-5-15(11)2/h3-5,12H,6-10,13H2,1-2H3/t12-/m0/s1. The van der Waals surface area contributed by atoms with Crippen LogP contribution in [0.4, 0.5) is 0 Å². The number of nitrogens with two attached hydrogens (primary N) is 1. The molecule has 1 aromatic heterocycles. The number of nitrogens with zero attached hydrogens (tertiary/aromatic N) is 3. The predicted molar refractivity (Wildman–Crippen MR) is 66.3 cm³/mol. The smallest absolute Gasteiger partial charge is 0.0625 e. The zero-order valence-electron chi connectivity index (χ0n) is 10.3. The van der Waals surface area contributed by atoms with Crippen molar-refractivity contribution in [2.75, 3.05) is 39.8 Å². The van der Waals surface area contributed by atoms with Gasteiger partial charge in [-0.2, -0.15) is 0 Å². The Balaban J connectivity index is 2.08. The van der Waals surface area contributed by atoms with E-state index in [2.05, 4.69) is 46.8 Å². The summed E-state index contributed by atoms with van der Waals surface area (Å²) >= 11 is 0. The van der Waals surface area contributed by atoms with Crippen molar-refractivity contribution in [3.8, 4) is 0 Å². The zero-order valence-corrected chi connectivity index (χ0v) is 10.3. The van der Waals surface area contributed by atoms with Crippen LogP contribution >= 0.6 is 0 Å². The molecule has 16 heavy (non-hydrogen) atoms. The van der Waals surface area contributed by atoms with Crippen LogP contribution in [0.2, 0.25) is 0 Å². The van der Waals surface area contributed by atoms with E-state index in [4.69, 9.17) is 5.73 Å². The molecule has 0 unspecified atom stereocenters. The molecule has 2 N–H and O–H groups in total. The summed E-state index contributed by atoms with van der Waals surface area (Å²) < 4.78 is 2.18. The summed E-state index contributed by atoms with van der Waals surface area (Å²) in [5.74, 6) is 0. The van der Waals surface area contributed by atoms with Gasteiger partial charge in [-0.05, 0) is 19.2 Å². The molecule has 1 aliphatic rings. The van der Waals surface area contributed by atoms with Crippen LogP contribution in [0.25, 0.3) is 0 Å². The van der Waals surface area contributed by atoms with Crippen molar-refractivity contribution in [1.29, 1.82) is 0 Å². The molecular formula is C12H22N4. The van der Waals surface area contributed by atoms with E-state index in [1.807, 2.05) is 0 Å². The van der Waals surface area contributed by atoms with E-state index < -0.39 is 0 Å². The van der Waals surface area contributed by atoms with E-state index in [1.54, 1.807) is 0 Å². The van der Waals surface area contributed by atoms with Gasteiger partial charge in [0.25, 0.3) is 0 Å². The Morgan fingerprint density at radius 3 is 2.44 bits per heavy atom. The summed E-state index contributed by atoms with van der Waals surface area (Å²) in [6, 6.07) is 4.64. The fraction of sp³-hybridized carbons (Fsp3) is 0.667. The quantitative estimate of drug-likeness (QED) is 0.798. The van der Waals surface area contributed by atoms with Crippen molar-refractivity contribution in [3.05, 3.63) is 24.0 Å². The number of aryl methyl sites for hydroxylation is 1. The van der Waals surface area contributed by atoms with Gasteiger partial charge in [0.2, 0.25) is 0 Å². The van der Waals surface area contributed by atoms with Gasteiger partial charge in [-0.1, -0.05) is 0 Å². The van der Waals surface area contributed by atoms with Crippen LogP contribution in [-0.4, -0.2) is 54.1 Å². The van der Waals surface area contributed by atoms with Gasteiger partial charge in [0.05, 0.1) is 6.04 Å². The minimum atomic E-state index is 0.369. The lowest BCUT2D eigenvalue weighted by molar-refractivity contribution is 0.111. The summed E-state index contributed by atoms with van der Waals surface area (Å²) in [6.45, 7) is 5.20. The van der Waals surface area contributed by atoms with Crippen LogP contribution in [0, 0.1) is 0 Å². The number of likely N-dealkylation sites (N-methyl/N-ethyl adjacent to an activating group) is 1. The summed E-state index contributed by atoms with van der Waals surface area (Å²) in [7, 11) is 4.27. The molecule has 0 aliphatic carbocycles. The fourth-order valence-corrected chi connectivity index (χ4v) is 2.41. The number of hydrogen-bond donors (Lipinski definition) is 1. The molecule has 1 saturated heterocycles. The third-order valence-electron chi connectivity index (χ3n) is 3.53. The molecule has 1 fully saturated rings. The maximum atomic E-state index is 5.93. The Labute approximate surface area is 97.6 Å². The molecule has 2 rings (SSSR count). The summed E-state index contributed by atoms with van der Waals surface area (Å²) in [6.07, 6.45) is 2.09. The van der Waals surface area contributed by atoms with Crippen molar-refractivity contribution < 1.29 is 0 Å². The highest BCUT2D eigenvalue weighted by Gasteiger charge is 2.23. The highest BCUT2D eigenvalue weighted by Crippen LogP contribution is 2.20. The molecule has 4 heteroatoms. The topological polar surface area (TPSA) is 37.4 Å². The highest BCUT2D eigenvalue weighted by molar-refractivity contribution is 5.12. The molecule has 1 atom stereocenters. The predicted octanol–water partition coefficient (Wildman–Crippen LogP) is 0.272. The Morgan fingerprint density at radius 1 is 1.25 bits per heavy atom. The minimum Gasteiger partial charge on any atom is -0.353 e. The van der Waals surface area contributed by atoms with Crippen LogP contribution in [-0.2, 0) is 7.05 Å². The molecule has 0 spiro atoms. The molecule has 1 aromatic rings. The van der Waals surface area contributed by atoms with Crippen molar-refractivity contribution in [2.45, 2.75) is 6.04 Å². The van der Waals surface area contributed by atoms with Gasteiger partial charge >= 0.3 is 0 Å². The number of hydrogen-bond acceptors (Lipinski definition) is 3. The number of rotatable bonds is 3. The van der Waals surface area contributed by atoms with Crippen molar-refractivity contribution in [1.82, 2.24) is 14.4 Å². The van der Waals surface area contributed by atoms with E-state index in [-0.39, 0.29) is 0 Å². The lowest BCUT2D eigenvalue weighted by Gasteiger charge is -2.37. The molecule has 0 saturated carbocycles. The van der Waals surface area contributed by atoms with Gasteiger partial charge in [0, 0.05) is 51.7 Å². The van der Waals surface area contributed by atoms with Crippen LogP contribution < -0.4 is 5.73 Å². The number of aromatic nitrogens is 1. The fourth-order valence-electron chi connectivity index (χ4n) is 2.41. The lowest BCUT2D eigenvalue weighted by atomic mass is 10.1.